The molecule has 1 aliphatic rings. The molecule has 3 aromatic rings. The lowest BCUT2D eigenvalue weighted by Gasteiger charge is -2.30. The number of halogens is 1. The van der Waals surface area contributed by atoms with E-state index in [2.05, 4.69) is 15.8 Å². The maximum absolute atomic E-state index is 12.8. The lowest BCUT2D eigenvalue weighted by atomic mass is 9.98. The van der Waals surface area contributed by atoms with Crippen LogP contribution in [0.2, 0.25) is 5.02 Å². The number of carbonyl (C=O) groups is 2. The topological polar surface area (TPSA) is 108 Å². The zero-order valence-electron chi connectivity index (χ0n) is 20.9. The van der Waals surface area contributed by atoms with Crippen molar-refractivity contribution in [1.82, 2.24) is 9.73 Å². The fourth-order valence-corrected chi connectivity index (χ4v) is 5.80. The molecule has 10 heteroatoms. The molecule has 0 aromatic heterocycles. The van der Waals surface area contributed by atoms with Crippen molar-refractivity contribution < 1.29 is 18.0 Å². The van der Waals surface area contributed by atoms with Crippen LogP contribution in [0.15, 0.2) is 88.9 Å². The highest BCUT2D eigenvalue weighted by atomic mass is 35.5. The van der Waals surface area contributed by atoms with Gasteiger partial charge in [0.2, 0.25) is 21.8 Å². The number of piperidine rings is 1. The van der Waals surface area contributed by atoms with Gasteiger partial charge in [0.1, 0.15) is 0 Å². The van der Waals surface area contributed by atoms with E-state index in [1.54, 1.807) is 61.5 Å². The number of hydrogen-bond acceptors (Lipinski definition) is 5. The van der Waals surface area contributed by atoms with E-state index in [0.717, 1.165) is 11.1 Å². The summed E-state index contributed by atoms with van der Waals surface area (Å²) in [5.41, 5.74) is 5.55. The average Bonchev–Trinajstić information content (AvgIpc) is 2.93. The van der Waals surface area contributed by atoms with Gasteiger partial charge in [-0.1, -0.05) is 54.1 Å². The van der Waals surface area contributed by atoms with Crippen molar-refractivity contribution in [2.45, 2.75) is 31.1 Å². The van der Waals surface area contributed by atoms with E-state index in [1.165, 1.54) is 4.31 Å². The molecule has 0 radical (unpaired) electrons. The minimum atomic E-state index is -3.56. The SMILES string of the molecule is CC(=NNC(=O)C1CCN(S(=O)(=O)c2ccccc2)CC1)c1ccc(NC(=O)Cc2ccc(Cl)cc2)cc1. The normalized spacial score (nSPS) is 15.2. The molecule has 1 fully saturated rings. The van der Waals surface area contributed by atoms with Gasteiger partial charge < -0.3 is 5.32 Å². The van der Waals surface area contributed by atoms with Gasteiger partial charge in [0.15, 0.2) is 0 Å². The third-order valence-electron chi connectivity index (χ3n) is 6.40. The number of rotatable bonds is 8. The first-order valence-corrected chi connectivity index (χ1v) is 14.1. The Bertz CT molecular complexity index is 1400. The van der Waals surface area contributed by atoms with Gasteiger partial charge in [0.05, 0.1) is 17.0 Å². The smallest absolute Gasteiger partial charge is 0.243 e. The molecule has 0 atom stereocenters. The van der Waals surface area contributed by atoms with Crippen molar-refractivity contribution in [1.29, 1.82) is 0 Å². The molecule has 1 heterocycles. The van der Waals surface area contributed by atoms with Gasteiger partial charge >= 0.3 is 0 Å². The van der Waals surface area contributed by atoms with Crippen molar-refractivity contribution in [3.05, 3.63) is 95.0 Å². The van der Waals surface area contributed by atoms with E-state index in [1.807, 2.05) is 24.3 Å². The number of anilines is 1. The molecule has 0 saturated carbocycles. The summed E-state index contributed by atoms with van der Waals surface area (Å²) in [7, 11) is -3.56. The van der Waals surface area contributed by atoms with Crippen LogP contribution in [0, 0.1) is 5.92 Å². The molecular weight excluding hydrogens is 524 g/mol. The molecule has 0 aliphatic carbocycles. The Morgan fingerprint density at radius 2 is 1.58 bits per heavy atom. The summed E-state index contributed by atoms with van der Waals surface area (Å²) in [5, 5.41) is 7.71. The molecule has 38 heavy (non-hydrogen) atoms. The standard InChI is InChI=1S/C28H29ClN4O4S/c1-20(22-9-13-25(14-10-22)30-27(34)19-21-7-11-24(29)12-8-21)31-32-28(35)23-15-17-33(18-16-23)38(36,37)26-5-3-2-4-6-26/h2-14,23H,15-19H2,1H3,(H,30,34)(H,32,35). The molecule has 4 rings (SSSR count). The van der Waals surface area contributed by atoms with E-state index in [4.69, 9.17) is 11.6 Å². The molecule has 0 spiro atoms. The van der Waals surface area contributed by atoms with E-state index in [-0.39, 0.29) is 42.1 Å². The van der Waals surface area contributed by atoms with Crippen LogP contribution >= 0.6 is 11.6 Å². The van der Waals surface area contributed by atoms with E-state index >= 15 is 0 Å². The lowest BCUT2D eigenvalue weighted by Crippen LogP contribution is -2.42. The van der Waals surface area contributed by atoms with Crippen LogP contribution in [0.3, 0.4) is 0 Å². The summed E-state index contributed by atoms with van der Waals surface area (Å²) >= 11 is 5.88. The maximum Gasteiger partial charge on any atom is 0.243 e. The quantitative estimate of drug-likeness (QED) is 0.318. The van der Waals surface area contributed by atoms with E-state index in [0.29, 0.717) is 29.3 Å². The fourth-order valence-electron chi connectivity index (χ4n) is 4.18. The van der Waals surface area contributed by atoms with Gasteiger partial charge in [0.25, 0.3) is 0 Å². The Morgan fingerprint density at radius 3 is 2.21 bits per heavy atom. The Morgan fingerprint density at radius 1 is 0.947 bits per heavy atom. The number of sulfonamides is 1. The Labute approximate surface area is 227 Å². The first kappa shape index (κ1) is 27.5. The second-order valence-electron chi connectivity index (χ2n) is 9.09. The van der Waals surface area contributed by atoms with Crippen LogP contribution in [-0.4, -0.2) is 43.3 Å². The van der Waals surface area contributed by atoms with Crippen molar-refractivity contribution in [3.63, 3.8) is 0 Å². The first-order valence-electron chi connectivity index (χ1n) is 12.3. The molecule has 198 valence electrons. The van der Waals surface area contributed by atoms with Crippen molar-refractivity contribution >= 4 is 44.8 Å². The van der Waals surface area contributed by atoms with Gasteiger partial charge in [-0.05, 0) is 67.3 Å². The van der Waals surface area contributed by atoms with Crippen LogP contribution in [0.1, 0.15) is 30.9 Å². The second-order valence-corrected chi connectivity index (χ2v) is 11.5. The third kappa shape index (κ3) is 7.06. The number of hydrogen-bond donors (Lipinski definition) is 2. The predicted octanol–water partition coefficient (Wildman–Crippen LogP) is 4.46. The summed E-state index contributed by atoms with van der Waals surface area (Å²) in [6, 6.07) is 22.6. The van der Waals surface area contributed by atoms with Crippen LogP contribution in [0.4, 0.5) is 5.69 Å². The predicted molar refractivity (Wildman–Crippen MR) is 149 cm³/mol. The summed E-state index contributed by atoms with van der Waals surface area (Å²) < 4.78 is 27.0. The largest absolute Gasteiger partial charge is 0.326 e. The molecular formula is C28H29ClN4O4S. The molecule has 2 amide bonds. The minimum Gasteiger partial charge on any atom is -0.326 e. The molecule has 1 saturated heterocycles. The second kappa shape index (κ2) is 12.3. The third-order valence-corrected chi connectivity index (χ3v) is 8.57. The van der Waals surface area contributed by atoms with Crippen LogP contribution in [-0.2, 0) is 26.0 Å². The van der Waals surface area contributed by atoms with Gasteiger partial charge in [-0.2, -0.15) is 9.41 Å². The Kier molecular flexibility index (Phi) is 8.93. The number of nitrogens with zero attached hydrogens (tertiary/aromatic N) is 2. The van der Waals surface area contributed by atoms with Crippen LogP contribution in [0.5, 0.6) is 0 Å². The molecule has 1 aliphatic heterocycles. The number of benzene rings is 3. The summed E-state index contributed by atoms with van der Waals surface area (Å²) in [5.74, 6) is -0.681. The number of hydrazone groups is 1. The van der Waals surface area contributed by atoms with E-state index < -0.39 is 10.0 Å². The molecule has 8 nitrogen and oxygen atoms in total. The highest BCUT2D eigenvalue weighted by Gasteiger charge is 2.32. The summed E-state index contributed by atoms with van der Waals surface area (Å²) in [6.07, 6.45) is 1.09. The van der Waals surface area contributed by atoms with Gasteiger partial charge in [0, 0.05) is 29.7 Å². The van der Waals surface area contributed by atoms with E-state index in [9.17, 15) is 18.0 Å². The van der Waals surface area contributed by atoms with Crippen molar-refractivity contribution in [2.75, 3.05) is 18.4 Å². The van der Waals surface area contributed by atoms with Crippen molar-refractivity contribution in [3.8, 4) is 0 Å². The summed E-state index contributed by atoms with van der Waals surface area (Å²) in [4.78, 5) is 25.2. The first-order chi connectivity index (χ1) is 18.2. The highest BCUT2D eigenvalue weighted by Crippen LogP contribution is 2.24. The molecule has 3 aromatic carbocycles. The zero-order chi connectivity index (χ0) is 27.1. The molecule has 2 N–H and O–H groups in total. The number of amides is 2. The monoisotopic (exact) mass is 552 g/mol. The molecule has 0 bridgehead atoms. The summed E-state index contributed by atoms with van der Waals surface area (Å²) in [6.45, 7) is 2.34. The van der Waals surface area contributed by atoms with Gasteiger partial charge in [-0.15, -0.1) is 0 Å². The van der Waals surface area contributed by atoms with Crippen LogP contribution < -0.4 is 10.7 Å². The zero-order valence-corrected chi connectivity index (χ0v) is 22.5. The van der Waals surface area contributed by atoms with Gasteiger partial charge in [-0.3, -0.25) is 9.59 Å². The fraction of sp³-hybridized carbons (Fsp3) is 0.250. The lowest BCUT2D eigenvalue weighted by molar-refractivity contribution is -0.126. The van der Waals surface area contributed by atoms with Gasteiger partial charge in [-0.25, -0.2) is 13.8 Å². The van der Waals surface area contributed by atoms with Crippen molar-refractivity contribution in [2.24, 2.45) is 11.0 Å². The Balaban J connectivity index is 1.26. The number of carbonyl (C=O) groups excluding carboxylic acids is 2. The Hall–Kier alpha value is -3.53. The van der Waals surface area contributed by atoms with Crippen LogP contribution in [0.25, 0.3) is 0 Å². The minimum absolute atomic E-state index is 0.139. The highest BCUT2D eigenvalue weighted by molar-refractivity contribution is 7.89. The number of nitrogens with one attached hydrogen (secondary N) is 2. The average molecular weight is 553 g/mol. The molecule has 0 unspecified atom stereocenters. The maximum atomic E-state index is 12.8.